The molecule has 0 radical (unpaired) electrons. The lowest BCUT2D eigenvalue weighted by atomic mass is 9.97. The van der Waals surface area contributed by atoms with Gasteiger partial charge >= 0.3 is 0 Å². The average Bonchev–Trinajstić information content (AvgIpc) is 3.48. The summed E-state index contributed by atoms with van der Waals surface area (Å²) in [4.78, 5) is 32.4. The van der Waals surface area contributed by atoms with Gasteiger partial charge in [0.15, 0.2) is 0 Å². The van der Waals surface area contributed by atoms with E-state index in [1.807, 2.05) is 51.5 Å². The molecule has 0 saturated carbocycles. The number of carbonyl (C=O) groups excluding carboxylic acids is 1. The Hall–Kier alpha value is -3.58. The fourth-order valence-corrected chi connectivity index (χ4v) is 5.58. The van der Waals surface area contributed by atoms with E-state index in [-0.39, 0.29) is 5.91 Å². The van der Waals surface area contributed by atoms with Gasteiger partial charge in [0.25, 0.3) is 5.91 Å². The molecule has 1 aliphatic heterocycles. The fraction of sp³-hybridized carbons (Fsp3) is 0.419. The van der Waals surface area contributed by atoms with Crippen molar-refractivity contribution in [3.8, 4) is 11.4 Å². The summed E-state index contributed by atoms with van der Waals surface area (Å²) in [6.45, 7) is 9.00. The van der Waals surface area contributed by atoms with Gasteiger partial charge in [-0.1, -0.05) is 24.6 Å². The van der Waals surface area contributed by atoms with Gasteiger partial charge in [-0.05, 0) is 76.0 Å². The van der Waals surface area contributed by atoms with E-state index in [1.54, 1.807) is 4.90 Å². The third-order valence-electron chi connectivity index (χ3n) is 7.89. The highest BCUT2D eigenvalue weighted by Crippen LogP contribution is 2.28. The molecule has 1 fully saturated rings. The Morgan fingerprint density at radius 1 is 1.08 bits per heavy atom. The molecule has 5 rings (SSSR count). The maximum atomic E-state index is 13.8. The maximum absolute atomic E-state index is 13.8. The molecule has 1 aromatic carbocycles. The SMILES string of the molecule is CCc1ncc(CN(C)C(=O)c2cc(-c3ccc(CC4CCN(C)C4)c(C)n3)nc3ccc(C)cc23)n1C. The van der Waals surface area contributed by atoms with Crippen LogP contribution >= 0.6 is 0 Å². The molecule has 0 spiro atoms. The molecule has 7 heteroatoms. The monoisotopic (exact) mass is 510 g/mol. The minimum Gasteiger partial charge on any atom is -0.336 e. The summed E-state index contributed by atoms with van der Waals surface area (Å²) in [5, 5.41) is 0.864. The van der Waals surface area contributed by atoms with Crippen molar-refractivity contribution in [1.82, 2.24) is 29.3 Å². The number of aryl methyl sites for hydroxylation is 3. The lowest BCUT2D eigenvalue weighted by Gasteiger charge is -2.19. The molecule has 3 aromatic heterocycles. The Labute approximate surface area is 225 Å². The topological polar surface area (TPSA) is 67.2 Å². The van der Waals surface area contributed by atoms with Crippen molar-refractivity contribution in [3.63, 3.8) is 0 Å². The molecule has 198 valence electrons. The van der Waals surface area contributed by atoms with Crippen LogP contribution in [0.15, 0.2) is 42.6 Å². The van der Waals surface area contributed by atoms with E-state index < -0.39 is 0 Å². The second kappa shape index (κ2) is 10.7. The highest BCUT2D eigenvalue weighted by atomic mass is 16.2. The first kappa shape index (κ1) is 26.0. The number of rotatable bonds is 7. The Kier molecular flexibility index (Phi) is 7.30. The normalized spacial score (nSPS) is 15.9. The zero-order chi connectivity index (χ0) is 27.0. The van der Waals surface area contributed by atoms with Crippen LogP contribution in [0, 0.1) is 19.8 Å². The third kappa shape index (κ3) is 5.20. The zero-order valence-electron chi connectivity index (χ0n) is 23.5. The fourth-order valence-electron chi connectivity index (χ4n) is 5.58. The predicted molar refractivity (Wildman–Crippen MR) is 152 cm³/mol. The van der Waals surface area contributed by atoms with Crippen molar-refractivity contribution in [1.29, 1.82) is 0 Å². The molecule has 1 aliphatic rings. The van der Waals surface area contributed by atoms with Gasteiger partial charge in [-0.15, -0.1) is 0 Å². The molecule has 4 heterocycles. The van der Waals surface area contributed by atoms with E-state index in [2.05, 4.69) is 47.5 Å². The quantitative estimate of drug-likeness (QED) is 0.351. The summed E-state index contributed by atoms with van der Waals surface area (Å²) >= 11 is 0. The minimum atomic E-state index is -0.0396. The standard InChI is InChI=1S/C31H38N6O/c1-7-30-32-17-24(37(30)6)19-36(5)31(38)26-16-29(34-27-10-8-20(2)14-25(26)27)28-11-9-23(21(3)33-28)15-22-12-13-35(4)18-22/h8-11,14,16-17,22H,7,12-13,15,18-19H2,1-6H3. The smallest absolute Gasteiger partial charge is 0.254 e. The first-order valence-electron chi connectivity index (χ1n) is 13.5. The molecule has 1 unspecified atom stereocenters. The number of imidazole rings is 1. The maximum Gasteiger partial charge on any atom is 0.254 e. The van der Waals surface area contributed by atoms with Crippen LogP contribution < -0.4 is 0 Å². The van der Waals surface area contributed by atoms with E-state index in [0.717, 1.165) is 64.5 Å². The molecular weight excluding hydrogens is 472 g/mol. The molecular formula is C31H38N6O. The van der Waals surface area contributed by atoms with Gasteiger partial charge in [-0.2, -0.15) is 0 Å². The average molecular weight is 511 g/mol. The molecule has 1 saturated heterocycles. The third-order valence-corrected chi connectivity index (χ3v) is 7.89. The molecule has 0 bridgehead atoms. The molecule has 1 atom stereocenters. The van der Waals surface area contributed by atoms with Gasteiger partial charge in [0, 0.05) is 38.1 Å². The number of carbonyl (C=O) groups is 1. The number of fused-ring (bicyclic) bond motifs is 1. The van der Waals surface area contributed by atoms with Gasteiger partial charge < -0.3 is 14.4 Å². The number of amides is 1. The van der Waals surface area contributed by atoms with Gasteiger partial charge in [0.05, 0.1) is 40.9 Å². The number of aromatic nitrogens is 4. The van der Waals surface area contributed by atoms with Gasteiger partial charge in [-0.25, -0.2) is 9.97 Å². The van der Waals surface area contributed by atoms with Crippen molar-refractivity contribution in [3.05, 3.63) is 76.5 Å². The Morgan fingerprint density at radius 3 is 2.58 bits per heavy atom. The Balaban J connectivity index is 1.48. The Bertz CT molecular complexity index is 1490. The van der Waals surface area contributed by atoms with E-state index in [9.17, 15) is 4.79 Å². The number of likely N-dealkylation sites (tertiary alicyclic amines) is 1. The number of benzene rings is 1. The summed E-state index contributed by atoms with van der Waals surface area (Å²) in [7, 11) is 6.04. The predicted octanol–water partition coefficient (Wildman–Crippen LogP) is 4.98. The van der Waals surface area contributed by atoms with Crippen molar-refractivity contribution < 1.29 is 4.79 Å². The van der Waals surface area contributed by atoms with E-state index in [4.69, 9.17) is 9.97 Å². The van der Waals surface area contributed by atoms with Gasteiger partial charge in [-0.3, -0.25) is 9.78 Å². The summed E-state index contributed by atoms with van der Waals surface area (Å²) in [6.07, 6.45) is 5.01. The molecule has 7 nitrogen and oxygen atoms in total. The van der Waals surface area contributed by atoms with Crippen LogP contribution in [0.4, 0.5) is 0 Å². The first-order chi connectivity index (χ1) is 18.2. The summed E-state index contributed by atoms with van der Waals surface area (Å²) in [6, 6.07) is 12.2. The van der Waals surface area contributed by atoms with Crippen molar-refractivity contribution in [2.75, 3.05) is 27.2 Å². The number of hydrogen-bond acceptors (Lipinski definition) is 5. The lowest BCUT2D eigenvalue weighted by molar-refractivity contribution is 0.0784. The zero-order valence-corrected chi connectivity index (χ0v) is 23.5. The highest BCUT2D eigenvalue weighted by molar-refractivity contribution is 6.07. The lowest BCUT2D eigenvalue weighted by Crippen LogP contribution is -2.27. The summed E-state index contributed by atoms with van der Waals surface area (Å²) < 4.78 is 2.07. The van der Waals surface area contributed by atoms with Crippen LogP contribution in [0.25, 0.3) is 22.3 Å². The van der Waals surface area contributed by atoms with Crippen LogP contribution in [0.5, 0.6) is 0 Å². The largest absolute Gasteiger partial charge is 0.336 e. The Morgan fingerprint density at radius 2 is 1.89 bits per heavy atom. The number of pyridine rings is 2. The number of hydrogen-bond donors (Lipinski definition) is 0. The highest BCUT2D eigenvalue weighted by Gasteiger charge is 2.22. The van der Waals surface area contributed by atoms with Crippen LogP contribution in [0.3, 0.4) is 0 Å². The van der Waals surface area contributed by atoms with Crippen LogP contribution in [-0.4, -0.2) is 62.4 Å². The molecule has 0 aliphatic carbocycles. The summed E-state index contributed by atoms with van der Waals surface area (Å²) in [5.41, 5.74) is 7.41. The van der Waals surface area contributed by atoms with Crippen molar-refractivity contribution in [2.45, 2.75) is 46.6 Å². The van der Waals surface area contributed by atoms with Gasteiger partial charge in [0.1, 0.15) is 5.82 Å². The molecule has 4 aromatic rings. The molecule has 1 amide bonds. The van der Waals surface area contributed by atoms with Crippen molar-refractivity contribution in [2.24, 2.45) is 13.0 Å². The van der Waals surface area contributed by atoms with Gasteiger partial charge in [0.2, 0.25) is 0 Å². The second-order valence-corrected chi connectivity index (χ2v) is 10.9. The number of nitrogens with zero attached hydrogens (tertiary/aromatic N) is 6. The van der Waals surface area contributed by atoms with Crippen molar-refractivity contribution >= 4 is 16.8 Å². The summed E-state index contributed by atoms with van der Waals surface area (Å²) in [5.74, 6) is 1.65. The van der Waals surface area contributed by atoms with E-state index in [1.165, 1.54) is 18.5 Å². The second-order valence-electron chi connectivity index (χ2n) is 10.9. The van der Waals surface area contributed by atoms with Crippen LogP contribution in [0.1, 0.15) is 52.0 Å². The van der Waals surface area contributed by atoms with Crippen LogP contribution in [-0.2, 0) is 26.4 Å². The van der Waals surface area contributed by atoms with E-state index >= 15 is 0 Å². The van der Waals surface area contributed by atoms with E-state index in [0.29, 0.717) is 18.0 Å². The van der Waals surface area contributed by atoms with Crippen LogP contribution in [0.2, 0.25) is 0 Å². The minimum absolute atomic E-state index is 0.0396. The first-order valence-corrected chi connectivity index (χ1v) is 13.5. The molecule has 38 heavy (non-hydrogen) atoms. The molecule has 0 N–H and O–H groups in total.